The first-order valence-corrected chi connectivity index (χ1v) is 12.1. The van der Waals surface area contributed by atoms with Crippen molar-refractivity contribution in [3.63, 3.8) is 0 Å². The summed E-state index contributed by atoms with van der Waals surface area (Å²) in [6, 6.07) is 15.9. The van der Waals surface area contributed by atoms with Gasteiger partial charge in [-0.15, -0.1) is 0 Å². The van der Waals surface area contributed by atoms with Crippen molar-refractivity contribution in [2.75, 3.05) is 44.7 Å². The molecule has 0 bridgehead atoms. The number of nitrogens with one attached hydrogen (secondary N) is 2. The first-order chi connectivity index (χ1) is 12.7. The Hall–Kier alpha value is -0.650. The highest BCUT2D eigenvalue weighted by molar-refractivity contribution is 7.99. The van der Waals surface area contributed by atoms with Gasteiger partial charge in [0.05, 0.1) is 6.54 Å². The molecular weight excluding hydrogens is 380 g/mol. The van der Waals surface area contributed by atoms with E-state index in [1.807, 2.05) is 29.6 Å². The van der Waals surface area contributed by atoms with E-state index in [0.717, 1.165) is 11.4 Å². The van der Waals surface area contributed by atoms with Crippen molar-refractivity contribution in [1.29, 1.82) is 0 Å². The fourth-order valence-corrected chi connectivity index (χ4v) is 6.03. The van der Waals surface area contributed by atoms with E-state index in [9.17, 15) is 0 Å². The maximum Gasteiger partial charge on any atom is 0.128 e. The largest absolute Gasteiger partial charge is 0.325 e. The molecule has 2 aliphatic rings. The minimum atomic E-state index is 0.516. The predicted molar refractivity (Wildman–Crippen MR) is 113 cm³/mol. The van der Waals surface area contributed by atoms with Gasteiger partial charge in [-0.05, 0) is 36.1 Å². The van der Waals surface area contributed by atoms with Gasteiger partial charge in [0.25, 0.3) is 0 Å². The quantitative estimate of drug-likeness (QED) is 0.805. The van der Waals surface area contributed by atoms with E-state index in [1.165, 1.54) is 59.4 Å². The fraction of sp³-hybridized carbons (Fsp3) is 0.429. The maximum absolute atomic E-state index is 6.40. The average Bonchev–Trinajstić information content (AvgIpc) is 2.83. The molecule has 0 aliphatic carbocycles. The van der Waals surface area contributed by atoms with E-state index in [2.05, 4.69) is 42.7 Å². The van der Waals surface area contributed by atoms with Crippen molar-refractivity contribution in [2.24, 2.45) is 0 Å². The van der Waals surface area contributed by atoms with E-state index in [1.54, 1.807) is 9.80 Å². The molecule has 0 spiro atoms. The normalized spacial score (nSPS) is 25.2. The molecule has 1 saturated heterocycles. The lowest BCUT2D eigenvalue weighted by Crippen LogP contribution is -3.28. The first kappa shape index (κ1) is 18.7. The molecule has 0 aromatic heterocycles. The smallest absolute Gasteiger partial charge is 0.128 e. The van der Waals surface area contributed by atoms with Crippen LogP contribution in [0.4, 0.5) is 0 Å². The van der Waals surface area contributed by atoms with Gasteiger partial charge < -0.3 is 9.80 Å². The van der Waals surface area contributed by atoms with E-state index in [0.29, 0.717) is 6.04 Å². The first-order valence-electron chi connectivity index (χ1n) is 9.47. The number of hydrogen-bond acceptors (Lipinski definition) is 2. The van der Waals surface area contributed by atoms with Crippen LogP contribution in [-0.4, -0.2) is 44.7 Å². The van der Waals surface area contributed by atoms with E-state index < -0.39 is 0 Å². The van der Waals surface area contributed by atoms with Crippen molar-refractivity contribution < 1.29 is 9.80 Å². The monoisotopic (exact) mass is 406 g/mol. The molecule has 1 atom stereocenters. The number of halogens is 1. The highest BCUT2D eigenvalue weighted by Gasteiger charge is 2.34. The summed E-state index contributed by atoms with van der Waals surface area (Å²) in [6.07, 6.45) is 3.33. The second kappa shape index (κ2) is 8.57. The minimum absolute atomic E-state index is 0.516. The van der Waals surface area contributed by atoms with Gasteiger partial charge in [0.15, 0.2) is 0 Å². The third kappa shape index (κ3) is 4.10. The summed E-state index contributed by atoms with van der Waals surface area (Å²) in [7, 11) is 0. The van der Waals surface area contributed by atoms with Crippen LogP contribution >= 0.6 is 35.1 Å². The van der Waals surface area contributed by atoms with E-state index in [-0.39, 0.29) is 0 Å². The van der Waals surface area contributed by atoms with Crippen LogP contribution in [0.1, 0.15) is 17.2 Å². The van der Waals surface area contributed by atoms with Crippen LogP contribution in [0.2, 0.25) is 5.02 Å². The second-order valence-electron chi connectivity index (χ2n) is 7.30. The topological polar surface area (TPSA) is 8.88 Å². The Kier molecular flexibility index (Phi) is 6.17. The van der Waals surface area contributed by atoms with Crippen LogP contribution < -0.4 is 9.80 Å². The molecule has 2 aromatic rings. The summed E-state index contributed by atoms with van der Waals surface area (Å²) >= 11 is 10.3. The molecule has 2 N–H and O–H groups in total. The zero-order valence-electron chi connectivity index (χ0n) is 15.3. The zero-order valence-corrected chi connectivity index (χ0v) is 17.7. The number of piperazine rings is 1. The molecule has 0 radical (unpaired) electrons. The number of benzene rings is 2. The van der Waals surface area contributed by atoms with Gasteiger partial charge in [-0.25, -0.2) is 0 Å². The number of quaternary nitrogens is 2. The molecular formula is C21H27ClN2S2+2. The van der Waals surface area contributed by atoms with E-state index >= 15 is 0 Å². The molecule has 0 amide bonds. The number of thioether (sulfide) groups is 1. The molecule has 0 unspecified atom stereocenters. The lowest BCUT2D eigenvalue weighted by atomic mass is 9.96. The number of hydrogen-bond donors (Lipinski definition) is 2. The van der Waals surface area contributed by atoms with Gasteiger partial charge in [-0.2, -0.15) is 11.8 Å². The Morgan fingerprint density at radius 2 is 1.88 bits per heavy atom. The van der Waals surface area contributed by atoms with Crippen LogP contribution in [0.25, 0.3) is 0 Å². The molecule has 138 valence electrons. The Bertz CT molecular complexity index is 759. The lowest BCUT2D eigenvalue weighted by molar-refractivity contribution is -1.03. The summed E-state index contributed by atoms with van der Waals surface area (Å²) < 4.78 is 0. The molecule has 4 rings (SSSR count). The van der Waals surface area contributed by atoms with Crippen molar-refractivity contribution in [2.45, 2.75) is 22.3 Å². The Morgan fingerprint density at radius 3 is 2.69 bits per heavy atom. The van der Waals surface area contributed by atoms with Crippen molar-refractivity contribution in [1.82, 2.24) is 0 Å². The Balaban J connectivity index is 1.60. The summed E-state index contributed by atoms with van der Waals surface area (Å²) in [4.78, 5) is 6.30. The summed E-state index contributed by atoms with van der Waals surface area (Å²) in [6.45, 7) is 6.40. The SMILES string of the molecule is CSCC[NH+]1CC[NH+]([C@@H]2Cc3ccccc3Sc3ccc(Cl)cc32)CC1. The van der Waals surface area contributed by atoms with Gasteiger partial charge in [-0.3, -0.25) is 0 Å². The molecule has 5 heteroatoms. The molecule has 2 nitrogen and oxygen atoms in total. The highest BCUT2D eigenvalue weighted by atomic mass is 35.5. The lowest BCUT2D eigenvalue weighted by Gasteiger charge is -2.35. The van der Waals surface area contributed by atoms with Gasteiger partial charge >= 0.3 is 0 Å². The van der Waals surface area contributed by atoms with Crippen LogP contribution in [-0.2, 0) is 6.42 Å². The summed E-state index contributed by atoms with van der Waals surface area (Å²) in [5.41, 5.74) is 2.93. The Labute approximate surface area is 170 Å². The van der Waals surface area contributed by atoms with Crippen LogP contribution in [0.15, 0.2) is 52.3 Å². The molecule has 2 heterocycles. The molecule has 2 aliphatic heterocycles. The summed E-state index contributed by atoms with van der Waals surface area (Å²) in [5, 5.41) is 0.865. The zero-order chi connectivity index (χ0) is 17.9. The molecule has 2 aromatic carbocycles. The molecule has 0 saturated carbocycles. The predicted octanol–water partition coefficient (Wildman–Crippen LogP) is 2.23. The van der Waals surface area contributed by atoms with E-state index in [4.69, 9.17) is 11.6 Å². The maximum atomic E-state index is 6.40. The Morgan fingerprint density at radius 1 is 1.08 bits per heavy atom. The van der Waals surface area contributed by atoms with Crippen molar-refractivity contribution in [3.05, 3.63) is 58.6 Å². The standard InChI is InChI=1S/C21H25ClN2S2/c1-25-13-12-23-8-10-24(11-9-23)19-14-16-4-2-3-5-20(16)26-21-7-6-17(22)15-18(19)21/h2-7,15,19H,8-14H2,1H3/p+2/t19-/m1/s1. The minimum Gasteiger partial charge on any atom is -0.325 e. The van der Waals surface area contributed by atoms with Gasteiger partial charge in [-0.1, -0.05) is 41.6 Å². The summed E-state index contributed by atoms with van der Waals surface area (Å²) in [5.74, 6) is 1.27. The molecule has 26 heavy (non-hydrogen) atoms. The van der Waals surface area contributed by atoms with Gasteiger partial charge in [0.1, 0.15) is 32.2 Å². The highest BCUT2D eigenvalue weighted by Crippen LogP contribution is 2.40. The van der Waals surface area contributed by atoms with Crippen LogP contribution in [0, 0.1) is 0 Å². The number of fused-ring (bicyclic) bond motifs is 2. The van der Waals surface area contributed by atoms with Crippen molar-refractivity contribution in [3.8, 4) is 0 Å². The van der Waals surface area contributed by atoms with Crippen LogP contribution in [0.3, 0.4) is 0 Å². The average molecular weight is 407 g/mol. The van der Waals surface area contributed by atoms with Crippen molar-refractivity contribution >= 4 is 35.1 Å². The molecule has 1 fully saturated rings. The number of rotatable bonds is 4. The third-order valence-electron chi connectivity index (χ3n) is 5.72. The second-order valence-corrected chi connectivity index (χ2v) is 9.81. The third-order valence-corrected chi connectivity index (χ3v) is 7.77. The van der Waals surface area contributed by atoms with Crippen LogP contribution in [0.5, 0.6) is 0 Å². The van der Waals surface area contributed by atoms with Gasteiger partial charge in [0.2, 0.25) is 0 Å². The van der Waals surface area contributed by atoms with Gasteiger partial charge in [0, 0.05) is 32.6 Å². The fourth-order valence-electron chi connectivity index (χ4n) is 4.24.